The van der Waals surface area contributed by atoms with Crippen molar-refractivity contribution in [1.29, 1.82) is 0 Å². The van der Waals surface area contributed by atoms with Crippen molar-refractivity contribution in [3.05, 3.63) is 76.4 Å². The molecule has 1 atom stereocenters. The SMILES string of the molecule is CC(C)=CCc1c2c(cc3c1OC(c1ccccc1)CC3=O)C=CC(C)(C)O2. The van der Waals surface area contributed by atoms with Crippen molar-refractivity contribution >= 4 is 11.9 Å². The molecule has 28 heavy (non-hydrogen) atoms. The predicted molar refractivity (Wildman–Crippen MR) is 112 cm³/mol. The minimum Gasteiger partial charge on any atom is -0.484 e. The van der Waals surface area contributed by atoms with Gasteiger partial charge >= 0.3 is 0 Å². The Morgan fingerprint density at radius 2 is 1.93 bits per heavy atom. The van der Waals surface area contributed by atoms with Crippen LogP contribution in [0, 0.1) is 0 Å². The number of carbonyl (C=O) groups excluding carboxylic acids is 1. The quantitative estimate of drug-likeness (QED) is 0.610. The largest absolute Gasteiger partial charge is 0.484 e. The van der Waals surface area contributed by atoms with Gasteiger partial charge in [-0.25, -0.2) is 0 Å². The molecule has 3 nitrogen and oxygen atoms in total. The molecule has 2 heterocycles. The highest BCUT2D eigenvalue weighted by atomic mass is 16.5. The summed E-state index contributed by atoms with van der Waals surface area (Å²) in [4.78, 5) is 13.0. The minimum atomic E-state index is -0.390. The highest BCUT2D eigenvalue weighted by Gasteiger charge is 2.34. The zero-order valence-corrected chi connectivity index (χ0v) is 16.9. The van der Waals surface area contributed by atoms with Gasteiger partial charge in [-0.15, -0.1) is 0 Å². The van der Waals surface area contributed by atoms with Crippen molar-refractivity contribution in [2.45, 2.75) is 52.2 Å². The van der Waals surface area contributed by atoms with E-state index in [0.717, 1.165) is 22.4 Å². The van der Waals surface area contributed by atoms with Gasteiger partial charge in [0.1, 0.15) is 23.2 Å². The average molecular weight is 374 g/mol. The van der Waals surface area contributed by atoms with Crippen LogP contribution in [0.3, 0.4) is 0 Å². The van der Waals surface area contributed by atoms with E-state index in [-0.39, 0.29) is 11.9 Å². The molecule has 3 heteroatoms. The number of ketones is 1. The van der Waals surface area contributed by atoms with Gasteiger partial charge in [-0.1, -0.05) is 48.1 Å². The second kappa shape index (κ2) is 6.97. The first kappa shape index (κ1) is 18.5. The summed E-state index contributed by atoms with van der Waals surface area (Å²) in [7, 11) is 0. The summed E-state index contributed by atoms with van der Waals surface area (Å²) < 4.78 is 12.7. The Labute approximate surface area is 166 Å². The molecule has 2 aromatic carbocycles. The second-order valence-corrected chi connectivity index (χ2v) is 8.32. The maximum absolute atomic E-state index is 13.0. The summed E-state index contributed by atoms with van der Waals surface area (Å²) in [6.45, 7) is 8.22. The summed E-state index contributed by atoms with van der Waals surface area (Å²) >= 11 is 0. The van der Waals surface area contributed by atoms with Crippen LogP contribution in [0.1, 0.15) is 67.3 Å². The fourth-order valence-electron chi connectivity index (χ4n) is 3.71. The third kappa shape index (κ3) is 3.49. The molecule has 0 saturated carbocycles. The third-order valence-corrected chi connectivity index (χ3v) is 5.20. The molecule has 0 amide bonds. The lowest BCUT2D eigenvalue weighted by atomic mass is 9.89. The van der Waals surface area contributed by atoms with E-state index in [9.17, 15) is 4.79 Å². The Kier molecular flexibility index (Phi) is 4.62. The zero-order valence-electron chi connectivity index (χ0n) is 16.9. The number of hydrogen-bond donors (Lipinski definition) is 0. The van der Waals surface area contributed by atoms with Gasteiger partial charge in [0, 0.05) is 11.1 Å². The van der Waals surface area contributed by atoms with Crippen LogP contribution in [-0.4, -0.2) is 11.4 Å². The van der Waals surface area contributed by atoms with Gasteiger partial charge in [-0.2, -0.15) is 0 Å². The van der Waals surface area contributed by atoms with Crippen LogP contribution in [0.4, 0.5) is 0 Å². The molecule has 0 N–H and O–H groups in total. The normalized spacial score (nSPS) is 19.1. The van der Waals surface area contributed by atoms with Crippen molar-refractivity contribution in [1.82, 2.24) is 0 Å². The van der Waals surface area contributed by atoms with Gasteiger partial charge in [0.2, 0.25) is 0 Å². The molecule has 0 fully saturated rings. The first-order chi connectivity index (χ1) is 13.3. The average Bonchev–Trinajstić information content (AvgIpc) is 2.66. The van der Waals surface area contributed by atoms with E-state index in [1.807, 2.05) is 56.3 Å². The van der Waals surface area contributed by atoms with E-state index in [0.29, 0.717) is 24.2 Å². The molecule has 0 saturated heterocycles. The topological polar surface area (TPSA) is 35.5 Å². The Hall–Kier alpha value is -2.81. The van der Waals surface area contributed by atoms with E-state index in [4.69, 9.17) is 9.47 Å². The number of carbonyl (C=O) groups is 1. The molecule has 1 unspecified atom stereocenters. The fraction of sp³-hybridized carbons (Fsp3) is 0.320. The zero-order chi connectivity index (χ0) is 19.9. The summed E-state index contributed by atoms with van der Waals surface area (Å²) in [6.07, 6.45) is 7.01. The van der Waals surface area contributed by atoms with E-state index >= 15 is 0 Å². The lowest BCUT2D eigenvalue weighted by Crippen LogP contribution is -2.29. The molecule has 2 aromatic rings. The van der Waals surface area contributed by atoms with Gasteiger partial charge in [-0.05, 0) is 51.8 Å². The van der Waals surface area contributed by atoms with Crippen LogP contribution in [-0.2, 0) is 6.42 Å². The van der Waals surface area contributed by atoms with Crippen LogP contribution in [0.5, 0.6) is 11.5 Å². The van der Waals surface area contributed by atoms with Gasteiger partial charge in [0.05, 0.1) is 12.0 Å². The van der Waals surface area contributed by atoms with Crippen molar-refractivity contribution in [2.75, 3.05) is 0 Å². The van der Waals surface area contributed by atoms with Crippen molar-refractivity contribution < 1.29 is 14.3 Å². The van der Waals surface area contributed by atoms with Crippen molar-refractivity contribution in [3.63, 3.8) is 0 Å². The molecule has 0 aliphatic carbocycles. The van der Waals surface area contributed by atoms with Crippen LogP contribution in [0.25, 0.3) is 6.08 Å². The maximum atomic E-state index is 13.0. The Morgan fingerprint density at radius 1 is 1.18 bits per heavy atom. The molecule has 0 spiro atoms. The summed E-state index contributed by atoms with van der Waals surface area (Å²) in [5, 5.41) is 0. The summed E-state index contributed by atoms with van der Waals surface area (Å²) in [5.41, 5.74) is 4.42. The van der Waals surface area contributed by atoms with Gasteiger partial charge in [-0.3, -0.25) is 4.79 Å². The second-order valence-electron chi connectivity index (χ2n) is 8.32. The smallest absolute Gasteiger partial charge is 0.170 e. The highest BCUT2D eigenvalue weighted by Crippen LogP contribution is 2.46. The van der Waals surface area contributed by atoms with Crippen molar-refractivity contribution in [3.8, 4) is 11.5 Å². The monoisotopic (exact) mass is 374 g/mol. The molecule has 2 aliphatic rings. The molecule has 144 valence electrons. The summed E-state index contributed by atoms with van der Waals surface area (Å²) in [5.74, 6) is 1.62. The number of fused-ring (bicyclic) bond motifs is 2. The molecular weight excluding hydrogens is 348 g/mol. The number of ether oxygens (including phenoxy) is 2. The predicted octanol–water partition coefficient (Wildman–Crippen LogP) is 6.09. The molecule has 4 rings (SSSR count). The highest BCUT2D eigenvalue weighted by molar-refractivity contribution is 6.01. The molecule has 2 aliphatic heterocycles. The number of allylic oxidation sites excluding steroid dienone is 2. The Bertz CT molecular complexity index is 977. The Morgan fingerprint density at radius 3 is 2.64 bits per heavy atom. The molecule has 0 aromatic heterocycles. The van der Waals surface area contributed by atoms with Gasteiger partial charge in [0.15, 0.2) is 5.78 Å². The van der Waals surface area contributed by atoms with E-state index in [2.05, 4.69) is 26.0 Å². The van der Waals surface area contributed by atoms with E-state index in [1.165, 1.54) is 5.57 Å². The number of hydrogen-bond acceptors (Lipinski definition) is 3. The lowest BCUT2D eigenvalue weighted by molar-refractivity contribution is 0.0845. The standard InChI is InChI=1S/C25H26O3/c1-16(2)10-11-19-23-18(12-13-25(3,4)28-23)14-20-21(26)15-22(27-24(19)20)17-8-6-5-7-9-17/h5-10,12-14,22H,11,15H2,1-4H3. The molecular formula is C25H26O3. The number of benzene rings is 2. The van der Waals surface area contributed by atoms with Crippen LogP contribution in [0.15, 0.2) is 54.1 Å². The first-order valence-electron chi connectivity index (χ1n) is 9.80. The molecule has 0 bridgehead atoms. The lowest BCUT2D eigenvalue weighted by Gasteiger charge is -2.33. The van der Waals surface area contributed by atoms with E-state index in [1.54, 1.807) is 0 Å². The number of rotatable bonds is 3. The fourth-order valence-corrected chi connectivity index (χ4v) is 3.71. The van der Waals surface area contributed by atoms with Crippen molar-refractivity contribution in [2.24, 2.45) is 0 Å². The van der Waals surface area contributed by atoms with Gasteiger partial charge in [0.25, 0.3) is 0 Å². The van der Waals surface area contributed by atoms with Gasteiger partial charge < -0.3 is 9.47 Å². The Balaban J connectivity index is 1.86. The maximum Gasteiger partial charge on any atom is 0.170 e. The minimum absolute atomic E-state index is 0.120. The first-order valence-corrected chi connectivity index (χ1v) is 9.80. The third-order valence-electron chi connectivity index (χ3n) is 5.20. The van der Waals surface area contributed by atoms with Crippen LogP contribution >= 0.6 is 0 Å². The number of Topliss-reactive ketones (excluding diaryl/α,β-unsaturated/α-hetero) is 1. The van der Waals surface area contributed by atoms with Crippen LogP contribution < -0.4 is 9.47 Å². The summed E-state index contributed by atoms with van der Waals surface area (Å²) in [6, 6.07) is 11.9. The molecule has 0 radical (unpaired) electrons. The van der Waals surface area contributed by atoms with Crippen LogP contribution in [0.2, 0.25) is 0 Å². The van der Waals surface area contributed by atoms with E-state index < -0.39 is 5.60 Å².